The quantitative estimate of drug-likeness (QED) is 0.584. The smallest absolute Gasteiger partial charge is 0.338 e. The number of aliphatic hydroxyl groups excluding tert-OH is 1. The Morgan fingerprint density at radius 1 is 1.50 bits per heavy atom. The van der Waals surface area contributed by atoms with E-state index in [1.165, 1.54) is 14.0 Å². The number of rotatable bonds is 4. The van der Waals surface area contributed by atoms with Crippen molar-refractivity contribution in [2.24, 2.45) is 0 Å². The summed E-state index contributed by atoms with van der Waals surface area (Å²) in [4.78, 5) is 11.2. The van der Waals surface area contributed by atoms with E-state index in [0.29, 0.717) is 0 Å². The fourth-order valence-corrected chi connectivity index (χ4v) is 1.97. The van der Waals surface area contributed by atoms with Crippen LogP contribution in [-0.4, -0.2) is 47.6 Å². The number of hydrogen-bond donors (Lipinski definition) is 3. The Balaban J connectivity index is 2.40. The third-order valence-corrected chi connectivity index (χ3v) is 3.06. The lowest BCUT2D eigenvalue weighted by molar-refractivity contribution is -0.160. The van der Waals surface area contributed by atoms with Crippen LogP contribution in [0.2, 0.25) is 0 Å². The van der Waals surface area contributed by atoms with Gasteiger partial charge in [0.05, 0.1) is 13.2 Å². The van der Waals surface area contributed by atoms with Crippen LogP contribution in [0.3, 0.4) is 0 Å². The zero-order valence-corrected chi connectivity index (χ0v) is 9.90. The van der Waals surface area contributed by atoms with E-state index in [1.807, 2.05) is 0 Å². The molecule has 0 aromatic heterocycles. The molecule has 0 radical (unpaired) electrons. The van der Waals surface area contributed by atoms with Gasteiger partial charge in [0.15, 0.2) is 5.60 Å². The normalized spacial score (nSPS) is 29.5. The molecule has 5 heteroatoms. The topological polar surface area (TPSA) is 78.8 Å². The van der Waals surface area contributed by atoms with Gasteiger partial charge in [-0.05, 0) is 19.8 Å². The molecule has 1 saturated carbocycles. The average molecular weight is 231 g/mol. The summed E-state index contributed by atoms with van der Waals surface area (Å²) < 4.78 is 4.49. The van der Waals surface area contributed by atoms with Gasteiger partial charge in [-0.3, -0.25) is 0 Å². The van der Waals surface area contributed by atoms with E-state index in [1.54, 1.807) is 0 Å². The van der Waals surface area contributed by atoms with Crippen molar-refractivity contribution >= 4 is 5.97 Å². The molecule has 1 aliphatic carbocycles. The van der Waals surface area contributed by atoms with Crippen LogP contribution in [0.1, 0.15) is 32.6 Å². The summed E-state index contributed by atoms with van der Waals surface area (Å²) in [6.07, 6.45) is 3.36. The number of nitrogens with one attached hydrogen (secondary N) is 1. The molecule has 3 atom stereocenters. The fourth-order valence-electron chi connectivity index (χ4n) is 1.97. The molecule has 3 unspecified atom stereocenters. The first-order valence-electron chi connectivity index (χ1n) is 5.69. The monoisotopic (exact) mass is 231 g/mol. The van der Waals surface area contributed by atoms with Gasteiger partial charge in [0.25, 0.3) is 0 Å². The largest absolute Gasteiger partial charge is 0.467 e. The highest BCUT2D eigenvalue weighted by atomic mass is 16.5. The molecular formula is C11H21NO4. The number of esters is 1. The predicted molar refractivity (Wildman–Crippen MR) is 58.9 cm³/mol. The molecule has 1 aliphatic rings. The molecule has 94 valence electrons. The lowest BCUT2D eigenvalue weighted by Gasteiger charge is -2.31. The van der Waals surface area contributed by atoms with E-state index >= 15 is 0 Å². The number of hydrogen-bond acceptors (Lipinski definition) is 5. The fraction of sp³-hybridized carbons (Fsp3) is 0.909. The molecule has 0 aromatic rings. The molecule has 0 spiro atoms. The standard InChI is InChI=1S/C11H21NO4/c1-11(15,10(14)16-2)7-12-8-5-3-4-6-9(8)13/h8-9,12-13,15H,3-7H2,1-2H3. The third-order valence-electron chi connectivity index (χ3n) is 3.06. The molecule has 0 heterocycles. The first kappa shape index (κ1) is 13.4. The highest BCUT2D eigenvalue weighted by Crippen LogP contribution is 2.18. The Morgan fingerprint density at radius 2 is 2.12 bits per heavy atom. The van der Waals surface area contributed by atoms with Crippen LogP contribution in [-0.2, 0) is 9.53 Å². The highest BCUT2D eigenvalue weighted by Gasteiger charge is 2.33. The Morgan fingerprint density at radius 3 is 2.69 bits per heavy atom. The second-order valence-corrected chi connectivity index (χ2v) is 4.60. The Labute approximate surface area is 95.8 Å². The van der Waals surface area contributed by atoms with Crippen molar-refractivity contribution in [3.63, 3.8) is 0 Å². The van der Waals surface area contributed by atoms with Crippen LogP contribution in [0.4, 0.5) is 0 Å². The van der Waals surface area contributed by atoms with Crippen molar-refractivity contribution in [3.8, 4) is 0 Å². The van der Waals surface area contributed by atoms with Crippen molar-refractivity contribution in [1.82, 2.24) is 5.32 Å². The molecule has 0 aromatic carbocycles. The number of ether oxygens (including phenoxy) is 1. The van der Waals surface area contributed by atoms with Gasteiger partial charge in [-0.2, -0.15) is 0 Å². The molecule has 5 nitrogen and oxygen atoms in total. The van der Waals surface area contributed by atoms with Crippen molar-refractivity contribution in [1.29, 1.82) is 0 Å². The van der Waals surface area contributed by atoms with Gasteiger partial charge in [0.1, 0.15) is 0 Å². The summed E-state index contributed by atoms with van der Waals surface area (Å²) in [5.41, 5.74) is -1.54. The van der Waals surface area contributed by atoms with Crippen molar-refractivity contribution in [2.45, 2.75) is 50.4 Å². The van der Waals surface area contributed by atoms with Gasteiger partial charge in [-0.15, -0.1) is 0 Å². The molecule has 16 heavy (non-hydrogen) atoms. The van der Waals surface area contributed by atoms with Gasteiger partial charge < -0.3 is 20.3 Å². The van der Waals surface area contributed by atoms with E-state index in [9.17, 15) is 15.0 Å². The molecule has 0 aliphatic heterocycles. The van der Waals surface area contributed by atoms with Gasteiger partial charge in [-0.1, -0.05) is 12.8 Å². The van der Waals surface area contributed by atoms with Crippen LogP contribution >= 0.6 is 0 Å². The lowest BCUT2D eigenvalue weighted by atomic mass is 9.92. The van der Waals surface area contributed by atoms with Gasteiger partial charge in [0.2, 0.25) is 0 Å². The summed E-state index contributed by atoms with van der Waals surface area (Å²) in [6.45, 7) is 1.50. The third kappa shape index (κ3) is 3.43. The van der Waals surface area contributed by atoms with Gasteiger partial charge >= 0.3 is 5.97 Å². The van der Waals surface area contributed by atoms with Gasteiger partial charge in [0, 0.05) is 12.6 Å². The summed E-state index contributed by atoms with van der Waals surface area (Å²) in [5, 5.41) is 22.5. The average Bonchev–Trinajstić information content (AvgIpc) is 2.27. The summed E-state index contributed by atoms with van der Waals surface area (Å²) in [6, 6.07) is -0.0371. The van der Waals surface area contributed by atoms with Gasteiger partial charge in [-0.25, -0.2) is 4.79 Å². The minimum Gasteiger partial charge on any atom is -0.467 e. The molecule has 3 N–H and O–H groups in total. The summed E-state index contributed by atoms with van der Waals surface area (Å²) in [7, 11) is 1.24. The van der Waals surface area contributed by atoms with Crippen molar-refractivity contribution in [2.75, 3.05) is 13.7 Å². The predicted octanol–water partition coefficient (Wildman–Crippen LogP) is -0.197. The number of aliphatic hydroxyl groups is 2. The molecule has 1 rings (SSSR count). The SMILES string of the molecule is COC(=O)C(C)(O)CNC1CCCCC1O. The highest BCUT2D eigenvalue weighted by molar-refractivity contribution is 5.78. The zero-order valence-electron chi connectivity index (χ0n) is 9.90. The zero-order chi connectivity index (χ0) is 12.2. The Kier molecular flexibility index (Phi) is 4.70. The Hall–Kier alpha value is -0.650. The minimum atomic E-state index is -1.54. The van der Waals surface area contributed by atoms with E-state index < -0.39 is 11.6 Å². The second-order valence-electron chi connectivity index (χ2n) is 4.60. The van der Waals surface area contributed by atoms with E-state index in [4.69, 9.17) is 0 Å². The molecular weight excluding hydrogens is 210 g/mol. The van der Waals surface area contributed by atoms with Crippen molar-refractivity contribution in [3.05, 3.63) is 0 Å². The van der Waals surface area contributed by atoms with Crippen LogP contribution in [0.15, 0.2) is 0 Å². The van der Waals surface area contributed by atoms with Crippen LogP contribution < -0.4 is 5.32 Å². The maximum absolute atomic E-state index is 11.2. The maximum atomic E-state index is 11.2. The first-order chi connectivity index (χ1) is 7.47. The number of carbonyl (C=O) groups is 1. The van der Waals surface area contributed by atoms with Crippen LogP contribution in [0.5, 0.6) is 0 Å². The minimum absolute atomic E-state index is 0.0371. The first-order valence-corrected chi connectivity index (χ1v) is 5.69. The second kappa shape index (κ2) is 5.61. The van der Waals surface area contributed by atoms with E-state index in [-0.39, 0.29) is 18.7 Å². The molecule has 1 fully saturated rings. The molecule has 0 bridgehead atoms. The number of carbonyl (C=O) groups excluding carboxylic acids is 1. The molecule has 0 amide bonds. The maximum Gasteiger partial charge on any atom is 0.338 e. The van der Waals surface area contributed by atoms with E-state index in [0.717, 1.165) is 25.7 Å². The van der Waals surface area contributed by atoms with Crippen molar-refractivity contribution < 1.29 is 19.7 Å². The van der Waals surface area contributed by atoms with Crippen LogP contribution in [0, 0.1) is 0 Å². The molecule has 0 saturated heterocycles. The summed E-state index contributed by atoms with van der Waals surface area (Å²) in [5.74, 6) is -0.662. The lowest BCUT2D eigenvalue weighted by Crippen LogP contribution is -2.52. The summed E-state index contributed by atoms with van der Waals surface area (Å²) >= 11 is 0. The van der Waals surface area contributed by atoms with Crippen LogP contribution in [0.25, 0.3) is 0 Å². The van der Waals surface area contributed by atoms with E-state index in [2.05, 4.69) is 10.1 Å². The Bertz CT molecular complexity index is 242. The number of methoxy groups -OCH3 is 1.